The van der Waals surface area contributed by atoms with Crippen molar-refractivity contribution < 1.29 is 74.5 Å². The van der Waals surface area contributed by atoms with Gasteiger partial charge in [-0.25, -0.2) is 33.5 Å². The lowest BCUT2D eigenvalue weighted by molar-refractivity contribution is -0.233. The van der Waals surface area contributed by atoms with Crippen molar-refractivity contribution in [3.63, 3.8) is 0 Å². The van der Waals surface area contributed by atoms with Crippen LogP contribution in [0, 0.1) is 0 Å². The third-order valence-corrected chi connectivity index (χ3v) is 11.8. The average Bonchev–Trinajstić information content (AvgIpc) is 3.69. The summed E-state index contributed by atoms with van der Waals surface area (Å²) < 4.78 is 83.4. The smallest absolute Gasteiger partial charge is 0.363 e. The molecule has 0 radical (unpaired) electrons. The molecular formula is C50H52N4O18S. The molecule has 5 aromatic rings. The first-order valence-corrected chi connectivity index (χ1v) is 24.3. The number of esters is 4. The molecule has 1 unspecified atom stereocenters. The maximum absolute atomic E-state index is 14.0. The lowest BCUT2D eigenvalue weighted by atomic mass is 9.96. The number of aromatic amines is 1. The molecule has 4 aromatic carbocycles. The van der Waals surface area contributed by atoms with Crippen molar-refractivity contribution in [3.05, 3.63) is 177 Å². The van der Waals surface area contributed by atoms with E-state index in [0.29, 0.717) is 0 Å². The van der Waals surface area contributed by atoms with Gasteiger partial charge in [-0.3, -0.25) is 18.5 Å². The molecule has 3 N–H and O–H groups in total. The number of aromatic nitrogens is 2. The molecule has 386 valence electrons. The number of rotatable bonds is 19. The Balaban J connectivity index is 1.20. The Kier molecular flexibility index (Phi) is 17.7. The van der Waals surface area contributed by atoms with Crippen LogP contribution in [0.25, 0.3) is 0 Å². The van der Waals surface area contributed by atoms with Gasteiger partial charge >= 0.3 is 45.9 Å². The fraction of sp³-hybridized carbons (Fsp3) is 0.340. The zero-order chi connectivity index (χ0) is 52.2. The topological polar surface area (TPSA) is 281 Å². The number of nitrogens with one attached hydrogen (secondary N) is 3. The van der Waals surface area contributed by atoms with Crippen LogP contribution in [0.3, 0.4) is 0 Å². The summed E-state index contributed by atoms with van der Waals surface area (Å²) in [6, 6.07) is 30.0. The molecular weight excluding hydrogens is 977 g/mol. The summed E-state index contributed by atoms with van der Waals surface area (Å²) in [7, 11) is -5.12. The SMILES string of the molecule is CC(C)OC1[C@H](n2ccc(=O)[nH]c2=O)O[C@H](COS(=O)(=O)NC(=O)N[C@@H]2O[C@H](COC(=O)c3ccccc3)[C@@H](OC(=O)c3ccccc3)[C@H](OC(=O)c3ccccc3)[C@H]2OC(=O)c2ccccc2)[C@H]1OC(C)C. The quantitative estimate of drug-likeness (QED) is 0.0782. The van der Waals surface area contributed by atoms with Crippen LogP contribution in [-0.4, -0.2) is 122 Å². The standard InChI is InChI=1S/C50H52N4O18S/c1-29(2)66-39-36(69-44(42(39)67-30(3)4)54-26-25-37(55)51-50(54)61)28-65-73(62,63)53-49(60)52-43-41(72-48(59)34-23-15-8-16-24-34)40(71-47(58)33-21-13-7-14-22-33)38(70-46(57)32-19-11-6-12-20-32)35(68-43)27-64-45(56)31-17-9-5-10-18-31/h5-26,29-30,35-36,38-44H,27-28H2,1-4H3,(H,51,55,61)(H2,52,53,60)/t35-,36-,38-,39-,40+,41-,42?,43-,44-/m1/s1. The van der Waals surface area contributed by atoms with Gasteiger partial charge in [0.05, 0.1) is 41.1 Å². The van der Waals surface area contributed by atoms with Gasteiger partial charge in [0, 0.05) is 12.3 Å². The zero-order valence-corrected chi connectivity index (χ0v) is 40.5. The summed E-state index contributed by atoms with van der Waals surface area (Å²) in [5.41, 5.74) is -1.40. The van der Waals surface area contributed by atoms with Crippen LogP contribution in [0.15, 0.2) is 143 Å². The Morgan fingerprint density at radius 3 is 1.52 bits per heavy atom. The van der Waals surface area contributed by atoms with Crippen molar-refractivity contribution in [3.8, 4) is 0 Å². The van der Waals surface area contributed by atoms with Gasteiger partial charge in [0.15, 0.2) is 30.8 Å². The minimum absolute atomic E-state index is 0.000686. The Labute approximate surface area is 418 Å². The molecule has 0 aliphatic carbocycles. The average molecular weight is 1030 g/mol. The highest BCUT2D eigenvalue weighted by atomic mass is 32.2. The lowest BCUT2D eigenvalue weighted by Crippen LogP contribution is -2.67. The van der Waals surface area contributed by atoms with Gasteiger partial charge in [-0.2, -0.15) is 8.42 Å². The molecule has 2 fully saturated rings. The zero-order valence-electron chi connectivity index (χ0n) is 39.7. The summed E-state index contributed by atoms with van der Waals surface area (Å²) in [6.07, 6.45) is -13.6. The fourth-order valence-electron chi connectivity index (χ4n) is 7.77. The first-order valence-electron chi connectivity index (χ1n) is 22.9. The molecule has 22 nitrogen and oxygen atoms in total. The third-order valence-electron chi connectivity index (χ3n) is 10.9. The second kappa shape index (κ2) is 24.3. The molecule has 1 aromatic heterocycles. The van der Waals surface area contributed by atoms with Crippen LogP contribution in [0.5, 0.6) is 0 Å². The second-order valence-corrected chi connectivity index (χ2v) is 18.3. The molecule has 0 bridgehead atoms. The van der Waals surface area contributed by atoms with Crippen LogP contribution in [0.4, 0.5) is 4.79 Å². The molecule has 2 amide bonds. The second-order valence-electron chi connectivity index (χ2n) is 17.0. The Bertz CT molecular complexity index is 2920. The number of hydrogen-bond donors (Lipinski definition) is 3. The number of nitrogens with zero attached hydrogens (tertiary/aromatic N) is 1. The normalized spacial score (nSPS) is 22.7. The highest BCUT2D eigenvalue weighted by Crippen LogP contribution is 2.35. The number of ether oxygens (including phenoxy) is 8. The Morgan fingerprint density at radius 2 is 1.03 bits per heavy atom. The maximum atomic E-state index is 14.0. The van der Waals surface area contributed by atoms with E-state index < -0.39 is 132 Å². The largest absolute Gasteiger partial charge is 0.459 e. The van der Waals surface area contributed by atoms with Crippen LogP contribution in [0.2, 0.25) is 0 Å². The summed E-state index contributed by atoms with van der Waals surface area (Å²) >= 11 is 0. The number of carbonyl (C=O) groups is 5. The first-order chi connectivity index (χ1) is 35.0. The number of H-pyrrole nitrogens is 1. The molecule has 9 atom stereocenters. The monoisotopic (exact) mass is 1030 g/mol. The van der Waals surface area contributed by atoms with E-state index in [1.54, 1.807) is 93.1 Å². The van der Waals surface area contributed by atoms with Crippen molar-refractivity contribution in [2.24, 2.45) is 0 Å². The van der Waals surface area contributed by atoms with E-state index >= 15 is 0 Å². The van der Waals surface area contributed by atoms with E-state index in [0.717, 1.165) is 10.6 Å². The van der Waals surface area contributed by atoms with Gasteiger partial charge in [0.2, 0.25) is 0 Å². The van der Waals surface area contributed by atoms with Gasteiger partial charge in [-0.05, 0) is 76.2 Å². The molecule has 2 saturated heterocycles. The van der Waals surface area contributed by atoms with Gasteiger partial charge in [0.25, 0.3) is 5.56 Å². The van der Waals surface area contributed by atoms with Crippen LogP contribution >= 0.6 is 0 Å². The number of urea groups is 1. The predicted molar refractivity (Wildman–Crippen MR) is 254 cm³/mol. The van der Waals surface area contributed by atoms with E-state index in [2.05, 4.69) is 10.3 Å². The van der Waals surface area contributed by atoms with Gasteiger partial charge in [-0.15, -0.1) is 0 Å². The minimum Gasteiger partial charge on any atom is -0.459 e. The third kappa shape index (κ3) is 14.1. The lowest BCUT2D eigenvalue weighted by Gasteiger charge is -2.44. The van der Waals surface area contributed by atoms with E-state index in [-0.39, 0.29) is 22.3 Å². The molecule has 0 spiro atoms. The summed E-state index contributed by atoms with van der Waals surface area (Å²) in [5, 5.41) is 2.29. The van der Waals surface area contributed by atoms with Crippen molar-refractivity contribution in [1.82, 2.24) is 19.6 Å². The maximum Gasteiger partial charge on any atom is 0.363 e. The van der Waals surface area contributed by atoms with Gasteiger partial charge < -0.3 is 43.2 Å². The highest BCUT2D eigenvalue weighted by molar-refractivity contribution is 7.85. The van der Waals surface area contributed by atoms with Crippen molar-refractivity contribution in [2.45, 2.75) is 95.1 Å². The van der Waals surface area contributed by atoms with Crippen LogP contribution in [-0.2, 0) is 52.4 Å². The minimum atomic E-state index is -5.12. The molecule has 2 aliphatic rings. The molecule has 7 rings (SSSR count). The van der Waals surface area contributed by atoms with E-state index in [9.17, 15) is 42.0 Å². The molecule has 73 heavy (non-hydrogen) atoms. The number of carbonyl (C=O) groups excluding carboxylic acids is 5. The van der Waals surface area contributed by atoms with Crippen molar-refractivity contribution >= 4 is 40.2 Å². The van der Waals surface area contributed by atoms with E-state index in [1.165, 1.54) is 66.9 Å². The molecule has 23 heteroatoms. The summed E-state index contributed by atoms with van der Waals surface area (Å²) in [5.74, 6) is -3.89. The van der Waals surface area contributed by atoms with Crippen LogP contribution in [0.1, 0.15) is 75.4 Å². The Morgan fingerprint density at radius 1 is 0.575 bits per heavy atom. The molecule has 2 aliphatic heterocycles. The van der Waals surface area contributed by atoms with Crippen molar-refractivity contribution in [2.75, 3.05) is 13.2 Å². The van der Waals surface area contributed by atoms with Gasteiger partial charge in [-0.1, -0.05) is 72.8 Å². The summed E-state index contributed by atoms with van der Waals surface area (Å²) in [6.45, 7) is 5.27. The number of hydrogen-bond acceptors (Lipinski definition) is 18. The van der Waals surface area contributed by atoms with Gasteiger partial charge in [0.1, 0.15) is 31.0 Å². The highest BCUT2D eigenvalue weighted by Gasteiger charge is 2.54. The predicted octanol–water partition coefficient (Wildman–Crippen LogP) is 3.84. The number of benzene rings is 4. The first kappa shape index (κ1) is 53.3. The molecule has 3 heterocycles. The summed E-state index contributed by atoms with van der Waals surface area (Å²) in [4.78, 5) is 95.9. The molecule has 0 saturated carbocycles. The Hall–Kier alpha value is -7.54. The van der Waals surface area contributed by atoms with E-state index in [4.69, 9.17) is 42.1 Å². The number of amides is 2. The van der Waals surface area contributed by atoms with Crippen molar-refractivity contribution in [1.29, 1.82) is 0 Å². The fourth-order valence-corrected chi connectivity index (χ4v) is 8.43. The van der Waals surface area contributed by atoms with Crippen LogP contribution < -0.4 is 21.3 Å². The van der Waals surface area contributed by atoms with E-state index in [1.807, 2.05) is 0 Å².